The molecule has 0 aliphatic carbocycles. The molecule has 0 saturated carbocycles. The van der Waals surface area contributed by atoms with Crippen LogP contribution in [-0.4, -0.2) is 186 Å². The van der Waals surface area contributed by atoms with E-state index in [9.17, 15) is 20.1 Å². The van der Waals surface area contributed by atoms with Gasteiger partial charge in [0.15, 0.2) is 0 Å². The van der Waals surface area contributed by atoms with Crippen LogP contribution in [0.2, 0.25) is 0 Å². The van der Waals surface area contributed by atoms with Crippen molar-refractivity contribution in [2.24, 2.45) is 4.99 Å². The maximum absolute atomic E-state index is 11.9. The number of nitrogens with one attached hydrogen (secondary N) is 1. The molecule has 0 aromatic heterocycles. The minimum Gasteiger partial charge on any atom is -0.394 e. The second kappa shape index (κ2) is 28.8. The number of ether oxygens (including phenoxy) is 4. The van der Waals surface area contributed by atoms with Crippen molar-refractivity contribution in [2.75, 3.05) is 139 Å². The van der Waals surface area contributed by atoms with Crippen LogP contribution in [0.25, 0.3) is 0 Å². The number of amides is 1. The zero-order valence-electron chi connectivity index (χ0n) is 27.8. The van der Waals surface area contributed by atoms with Gasteiger partial charge in [-0.15, -0.1) is 6.42 Å². The first-order chi connectivity index (χ1) is 21.5. The minimum atomic E-state index is -1.10. The average molecular weight is 632 g/mol. The highest BCUT2D eigenvalue weighted by Gasteiger charge is 2.35. The maximum Gasteiger partial charge on any atom is 0.264 e. The normalized spacial score (nSPS) is 14.8. The van der Waals surface area contributed by atoms with Gasteiger partial charge in [0, 0.05) is 59.4 Å². The molecule has 1 aliphatic heterocycles. The number of terminal acetylenes is 1. The summed E-state index contributed by atoms with van der Waals surface area (Å²) in [4.78, 5) is 22.6. The molecular formula is C31H61N5O8. The molecule has 1 heterocycles. The van der Waals surface area contributed by atoms with Gasteiger partial charge in [-0.2, -0.15) is 0 Å². The second-order valence-corrected chi connectivity index (χ2v) is 10.2. The largest absolute Gasteiger partial charge is 0.394 e. The first-order valence-electron chi connectivity index (χ1n) is 15.9. The fourth-order valence-corrected chi connectivity index (χ4v) is 4.44. The van der Waals surface area contributed by atoms with Gasteiger partial charge in [-0.1, -0.05) is 19.8 Å². The Balaban J connectivity index is 0.00000904. The summed E-state index contributed by atoms with van der Waals surface area (Å²) in [6.07, 6.45) is 6.56. The molecule has 258 valence electrons. The molecule has 0 unspecified atom stereocenters. The van der Waals surface area contributed by atoms with Crippen molar-refractivity contribution in [2.45, 2.75) is 39.2 Å². The van der Waals surface area contributed by atoms with E-state index in [4.69, 9.17) is 25.4 Å². The zero-order chi connectivity index (χ0) is 32.9. The van der Waals surface area contributed by atoms with Crippen LogP contribution in [0.5, 0.6) is 0 Å². The van der Waals surface area contributed by atoms with E-state index in [0.717, 1.165) is 45.7 Å². The molecule has 1 saturated heterocycles. The summed E-state index contributed by atoms with van der Waals surface area (Å²) in [5.41, 5.74) is -0.683. The van der Waals surface area contributed by atoms with Gasteiger partial charge in [-0.25, -0.2) is 0 Å². The predicted octanol–water partition coefficient (Wildman–Crippen LogP) is -0.665. The summed E-state index contributed by atoms with van der Waals surface area (Å²) in [7, 11) is 1.57. The molecule has 1 fully saturated rings. The Morgan fingerprint density at radius 1 is 0.841 bits per heavy atom. The van der Waals surface area contributed by atoms with Gasteiger partial charge in [0.2, 0.25) is 0 Å². The first-order valence-corrected chi connectivity index (χ1v) is 15.9. The molecule has 1 rings (SSSR count). The summed E-state index contributed by atoms with van der Waals surface area (Å²) in [5.74, 6) is 2.19. The van der Waals surface area contributed by atoms with Crippen molar-refractivity contribution < 1.29 is 39.1 Å². The topological polar surface area (TPSA) is 149 Å². The molecule has 44 heavy (non-hydrogen) atoms. The van der Waals surface area contributed by atoms with Crippen LogP contribution in [0.15, 0.2) is 4.99 Å². The summed E-state index contributed by atoms with van der Waals surface area (Å²) in [6, 6.07) is 0. The van der Waals surface area contributed by atoms with Crippen molar-refractivity contribution in [1.29, 1.82) is 0 Å². The van der Waals surface area contributed by atoms with Gasteiger partial charge in [0.05, 0.1) is 77.3 Å². The standard InChI is InChI=1S/C29H55N5O8.C2H6/c1-4-16-39-18-20-41-22-23-42-21-19-40-17-15-33-13-11-32(12-14-33)8-6-10-34(29(24-35,25-36)26-37)9-5-7-31-28(38)27(2)30-3;1-2/h1,35-37H,5-26H2,2-3H3,(H,31,38);1-2H3. The molecule has 4 N–H and O–H groups in total. The fourth-order valence-electron chi connectivity index (χ4n) is 4.44. The molecule has 0 atom stereocenters. The van der Waals surface area contributed by atoms with Gasteiger partial charge in [0.1, 0.15) is 6.61 Å². The zero-order valence-corrected chi connectivity index (χ0v) is 27.8. The number of hydrogen-bond acceptors (Lipinski definition) is 12. The van der Waals surface area contributed by atoms with Crippen molar-refractivity contribution in [3.8, 4) is 12.3 Å². The Hall–Kier alpha value is -1.70. The summed E-state index contributed by atoms with van der Waals surface area (Å²) < 4.78 is 21.7. The van der Waals surface area contributed by atoms with Crippen LogP contribution in [0.4, 0.5) is 0 Å². The van der Waals surface area contributed by atoms with Gasteiger partial charge >= 0.3 is 0 Å². The predicted molar refractivity (Wildman–Crippen MR) is 173 cm³/mol. The molecule has 1 amide bonds. The van der Waals surface area contributed by atoms with Crippen molar-refractivity contribution in [3.63, 3.8) is 0 Å². The monoisotopic (exact) mass is 631 g/mol. The van der Waals surface area contributed by atoms with Gasteiger partial charge < -0.3 is 44.5 Å². The molecule has 0 aromatic carbocycles. The lowest BCUT2D eigenvalue weighted by atomic mass is 9.99. The highest BCUT2D eigenvalue weighted by Crippen LogP contribution is 2.16. The minimum absolute atomic E-state index is 0.210. The Labute approximate surface area is 265 Å². The molecule has 1 aliphatic rings. The SMILES string of the molecule is C#CCOCCOCCOCCOCCN1CCN(CCCN(CCCNC(=O)C(C)=NC)C(CO)(CO)CO)CC1.CC. The molecule has 0 spiro atoms. The van der Waals surface area contributed by atoms with Crippen LogP contribution in [0, 0.1) is 12.3 Å². The fraction of sp³-hybridized carbons (Fsp3) is 0.871. The number of nitrogens with zero attached hydrogens (tertiary/aromatic N) is 4. The third kappa shape index (κ3) is 19.0. The molecular weight excluding hydrogens is 570 g/mol. The number of aliphatic hydroxyl groups excluding tert-OH is 3. The summed E-state index contributed by atoms with van der Waals surface area (Å²) in [6.45, 7) is 15.9. The Morgan fingerprint density at radius 2 is 1.32 bits per heavy atom. The highest BCUT2D eigenvalue weighted by molar-refractivity contribution is 6.37. The number of aliphatic hydroxyl groups is 3. The van der Waals surface area contributed by atoms with E-state index >= 15 is 0 Å². The van der Waals surface area contributed by atoms with Crippen molar-refractivity contribution in [1.82, 2.24) is 20.0 Å². The van der Waals surface area contributed by atoms with Gasteiger partial charge in [0.25, 0.3) is 5.91 Å². The Bertz CT molecular complexity index is 748. The van der Waals surface area contributed by atoms with E-state index in [1.54, 1.807) is 14.0 Å². The summed E-state index contributed by atoms with van der Waals surface area (Å²) in [5, 5.41) is 32.7. The van der Waals surface area contributed by atoms with Gasteiger partial charge in [-0.3, -0.25) is 19.6 Å². The van der Waals surface area contributed by atoms with Crippen LogP contribution in [-0.2, 0) is 23.7 Å². The van der Waals surface area contributed by atoms with E-state index in [1.807, 2.05) is 18.7 Å². The maximum atomic E-state index is 11.9. The van der Waals surface area contributed by atoms with Crippen molar-refractivity contribution in [3.05, 3.63) is 0 Å². The van der Waals surface area contributed by atoms with E-state index in [2.05, 4.69) is 26.0 Å². The van der Waals surface area contributed by atoms with Crippen LogP contribution >= 0.6 is 0 Å². The van der Waals surface area contributed by atoms with E-state index in [1.165, 1.54) is 0 Å². The second-order valence-electron chi connectivity index (χ2n) is 10.2. The average Bonchev–Trinajstić information content (AvgIpc) is 3.06. The smallest absolute Gasteiger partial charge is 0.264 e. The molecule has 13 heteroatoms. The number of carbonyl (C=O) groups excluding carboxylic acids is 1. The number of carbonyl (C=O) groups is 1. The van der Waals surface area contributed by atoms with Crippen molar-refractivity contribution >= 4 is 11.6 Å². The van der Waals surface area contributed by atoms with E-state index < -0.39 is 5.54 Å². The molecule has 0 radical (unpaired) electrons. The third-order valence-electron chi connectivity index (χ3n) is 7.33. The third-order valence-corrected chi connectivity index (χ3v) is 7.33. The quantitative estimate of drug-likeness (QED) is 0.0548. The van der Waals surface area contributed by atoms with E-state index in [-0.39, 0.29) is 25.7 Å². The lowest BCUT2D eigenvalue weighted by Crippen LogP contribution is -2.58. The number of aliphatic imine (C=N–C) groups is 1. The highest BCUT2D eigenvalue weighted by atomic mass is 16.6. The molecule has 0 bridgehead atoms. The first kappa shape index (κ1) is 42.3. The van der Waals surface area contributed by atoms with E-state index in [0.29, 0.717) is 84.6 Å². The number of piperazine rings is 1. The lowest BCUT2D eigenvalue weighted by Gasteiger charge is -2.41. The Morgan fingerprint density at radius 3 is 1.82 bits per heavy atom. The van der Waals surface area contributed by atoms with Crippen LogP contribution < -0.4 is 5.32 Å². The summed E-state index contributed by atoms with van der Waals surface area (Å²) >= 11 is 0. The Kier molecular flexibility index (Phi) is 27.6. The van der Waals surface area contributed by atoms with Crippen LogP contribution in [0.3, 0.4) is 0 Å². The van der Waals surface area contributed by atoms with Gasteiger partial charge in [-0.05, 0) is 26.3 Å². The van der Waals surface area contributed by atoms with Crippen LogP contribution in [0.1, 0.15) is 33.6 Å². The molecule has 0 aromatic rings. The number of hydrogen-bond donors (Lipinski definition) is 4. The molecule has 13 nitrogen and oxygen atoms in total. The lowest BCUT2D eigenvalue weighted by molar-refractivity contribution is -0.114. The number of rotatable bonds is 26.